The van der Waals surface area contributed by atoms with Crippen LogP contribution in [-0.4, -0.2) is 44.3 Å². The van der Waals surface area contributed by atoms with Crippen LogP contribution in [0.4, 0.5) is 5.69 Å². The summed E-state index contributed by atoms with van der Waals surface area (Å²) in [4.78, 5) is 27.1. The lowest BCUT2D eigenvalue weighted by molar-refractivity contribution is -0.136. The molecule has 0 spiro atoms. The number of sulfonamides is 1. The van der Waals surface area contributed by atoms with E-state index >= 15 is 0 Å². The lowest BCUT2D eigenvalue weighted by atomic mass is 9.98. The topological polar surface area (TPSA) is 95.6 Å². The molecule has 33 heavy (non-hydrogen) atoms. The summed E-state index contributed by atoms with van der Waals surface area (Å²) >= 11 is 6.03. The Morgan fingerprint density at radius 3 is 2.21 bits per heavy atom. The van der Waals surface area contributed by atoms with Crippen LogP contribution in [0.3, 0.4) is 0 Å². The SMILES string of the molecule is CCC(CC)C(=O)N1CCC(NC(=O)c2ccc(S(=O)(=O)Nc3ccccc3Cl)cc2)CC1. The largest absolute Gasteiger partial charge is 0.349 e. The lowest BCUT2D eigenvalue weighted by Crippen LogP contribution is -2.48. The molecule has 2 aromatic carbocycles. The summed E-state index contributed by atoms with van der Waals surface area (Å²) < 4.78 is 27.7. The Labute approximate surface area is 200 Å². The van der Waals surface area contributed by atoms with Crippen LogP contribution in [0.2, 0.25) is 5.02 Å². The Morgan fingerprint density at radius 1 is 1.03 bits per heavy atom. The van der Waals surface area contributed by atoms with Crippen molar-refractivity contribution in [1.82, 2.24) is 10.2 Å². The number of halogens is 1. The highest BCUT2D eigenvalue weighted by Crippen LogP contribution is 2.24. The van der Waals surface area contributed by atoms with Crippen LogP contribution in [0.25, 0.3) is 0 Å². The van der Waals surface area contributed by atoms with Crippen molar-refractivity contribution in [3.63, 3.8) is 0 Å². The Morgan fingerprint density at radius 2 is 1.64 bits per heavy atom. The van der Waals surface area contributed by atoms with E-state index < -0.39 is 10.0 Å². The molecular formula is C24H30ClN3O4S. The van der Waals surface area contributed by atoms with Gasteiger partial charge in [-0.1, -0.05) is 37.6 Å². The molecule has 9 heteroatoms. The van der Waals surface area contributed by atoms with Crippen LogP contribution in [0.15, 0.2) is 53.4 Å². The minimum atomic E-state index is -3.84. The van der Waals surface area contributed by atoms with Gasteiger partial charge in [-0.25, -0.2) is 8.42 Å². The first kappa shape index (κ1) is 25.1. The molecule has 1 fully saturated rings. The van der Waals surface area contributed by atoms with Gasteiger partial charge in [-0.15, -0.1) is 0 Å². The van der Waals surface area contributed by atoms with Gasteiger partial charge in [0.15, 0.2) is 0 Å². The van der Waals surface area contributed by atoms with Crippen molar-refractivity contribution in [2.75, 3.05) is 17.8 Å². The smallest absolute Gasteiger partial charge is 0.261 e. The maximum Gasteiger partial charge on any atom is 0.261 e. The van der Waals surface area contributed by atoms with Gasteiger partial charge in [0.2, 0.25) is 5.91 Å². The molecule has 1 heterocycles. The van der Waals surface area contributed by atoms with Gasteiger partial charge in [-0.05, 0) is 62.1 Å². The van der Waals surface area contributed by atoms with Gasteiger partial charge in [0, 0.05) is 30.6 Å². The van der Waals surface area contributed by atoms with Crippen molar-refractivity contribution in [2.45, 2.75) is 50.5 Å². The molecule has 7 nitrogen and oxygen atoms in total. The van der Waals surface area contributed by atoms with E-state index in [1.165, 1.54) is 24.3 Å². The average molecular weight is 492 g/mol. The van der Waals surface area contributed by atoms with E-state index in [0.29, 0.717) is 36.5 Å². The predicted molar refractivity (Wildman–Crippen MR) is 130 cm³/mol. The van der Waals surface area contributed by atoms with Crippen molar-refractivity contribution in [1.29, 1.82) is 0 Å². The monoisotopic (exact) mass is 491 g/mol. The third kappa shape index (κ3) is 6.26. The molecule has 1 aliphatic heterocycles. The summed E-state index contributed by atoms with van der Waals surface area (Å²) in [5.41, 5.74) is 0.664. The molecule has 0 saturated carbocycles. The molecule has 1 saturated heterocycles. The molecule has 2 N–H and O–H groups in total. The Kier molecular flexibility index (Phi) is 8.37. The zero-order valence-corrected chi connectivity index (χ0v) is 20.5. The van der Waals surface area contributed by atoms with Crippen LogP contribution in [0.5, 0.6) is 0 Å². The second-order valence-electron chi connectivity index (χ2n) is 8.20. The van der Waals surface area contributed by atoms with Crippen molar-refractivity contribution < 1.29 is 18.0 Å². The van der Waals surface area contributed by atoms with E-state index in [1.807, 2.05) is 18.7 Å². The summed E-state index contributed by atoms with van der Waals surface area (Å²) in [5.74, 6) is 0.00750. The first-order valence-corrected chi connectivity index (χ1v) is 13.1. The van der Waals surface area contributed by atoms with Crippen LogP contribution in [0, 0.1) is 5.92 Å². The van der Waals surface area contributed by atoms with Crippen LogP contribution >= 0.6 is 11.6 Å². The third-order valence-electron chi connectivity index (χ3n) is 6.02. The third-order valence-corrected chi connectivity index (χ3v) is 7.73. The van der Waals surface area contributed by atoms with Gasteiger partial charge < -0.3 is 10.2 Å². The number of likely N-dealkylation sites (tertiary alicyclic amines) is 1. The number of anilines is 1. The average Bonchev–Trinajstić information content (AvgIpc) is 2.81. The van der Waals surface area contributed by atoms with Crippen molar-refractivity contribution in [3.05, 3.63) is 59.1 Å². The molecule has 0 bridgehead atoms. The maximum atomic E-state index is 12.7. The minimum Gasteiger partial charge on any atom is -0.349 e. The van der Waals surface area contributed by atoms with Gasteiger partial charge in [0.05, 0.1) is 15.6 Å². The molecule has 2 amide bonds. The van der Waals surface area contributed by atoms with E-state index in [4.69, 9.17) is 11.6 Å². The van der Waals surface area contributed by atoms with Crippen LogP contribution < -0.4 is 10.0 Å². The number of benzene rings is 2. The van der Waals surface area contributed by atoms with E-state index in [9.17, 15) is 18.0 Å². The van der Waals surface area contributed by atoms with E-state index in [2.05, 4.69) is 10.0 Å². The predicted octanol–water partition coefficient (Wildman–Crippen LogP) is 4.30. The number of carbonyl (C=O) groups is 2. The highest BCUT2D eigenvalue weighted by molar-refractivity contribution is 7.92. The number of nitrogens with zero attached hydrogens (tertiary/aromatic N) is 1. The molecule has 2 aromatic rings. The Balaban J connectivity index is 1.57. The number of carbonyl (C=O) groups excluding carboxylic acids is 2. The summed E-state index contributed by atoms with van der Waals surface area (Å²) in [6.45, 7) is 5.32. The second-order valence-corrected chi connectivity index (χ2v) is 10.3. The number of nitrogens with one attached hydrogen (secondary N) is 2. The molecule has 1 aliphatic rings. The summed E-state index contributed by atoms with van der Waals surface area (Å²) in [5, 5.41) is 3.29. The fraction of sp³-hybridized carbons (Fsp3) is 0.417. The van der Waals surface area contributed by atoms with E-state index in [1.54, 1.807) is 24.3 Å². The standard InChI is InChI=1S/C24H30ClN3O4S/c1-3-17(4-2)24(30)28-15-13-19(14-16-28)26-23(29)18-9-11-20(12-10-18)33(31,32)27-22-8-6-5-7-21(22)25/h5-12,17,19,27H,3-4,13-16H2,1-2H3,(H,26,29). The Hall–Kier alpha value is -2.58. The molecule has 178 valence electrons. The summed E-state index contributed by atoms with van der Waals surface area (Å²) in [6.07, 6.45) is 3.08. The quantitative estimate of drug-likeness (QED) is 0.575. The molecule has 0 atom stereocenters. The van der Waals surface area contributed by atoms with Gasteiger partial charge in [0.1, 0.15) is 0 Å². The second kappa shape index (κ2) is 11.0. The van der Waals surface area contributed by atoms with Gasteiger partial charge in [0.25, 0.3) is 15.9 Å². The first-order chi connectivity index (χ1) is 15.7. The van der Waals surface area contributed by atoms with Crippen molar-refractivity contribution in [2.24, 2.45) is 5.92 Å². The number of hydrogen-bond donors (Lipinski definition) is 2. The first-order valence-electron chi connectivity index (χ1n) is 11.2. The number of piperidine rings is 1. The van der Waals surface area contributed by atoms with Crippen molar-refractivity contribution in [3.8, 4) is 0 Å². The highest BCUT2D eigenvalue weighted by atomic mass is 35.5. The zero-order valence-electron chi connectivity index (χ0n) is 18.9. The van der Waals surface area contributed by atoms with E-state index in [0.717, 1.165) is 12.8 Å². The minimum absolute atomic E-state index is 0.0199. The van der Waals surface area contributed by atoms with Crippen LogP contribution in [0.1, 0.15) is 49.9 Å². The molecule has 0 aromatic heterocycles. The maximum absolute atomic E-state index is 12.7. The fourth-order valence-electron chi connectivity index (χ4n) is 3.94. The summed E-state index contributed by atoms with van der Waals surface area (Å²) in [6, 6.07) is 12.3. The molecule has 0 radical (unpaired) electrons. The molecule has 0 unspecified atom stereocenters. The van der Waals surface area contributed by atoms with E-state index in [-0.39, 0.29) is 34.4 Å². The molecule has 0 aliphatic carbocycles. The normalized spacial score (nSPS) is 14.8. The highest BCUT2D eigenvalue weighted by Gasteiger charge is 2.27. The Bertz CT molecular complexity index is 1080. The summed E-state index contributed by atoms with van der Waals surface area (Å²) in [7, 11) is -3.84. The van der Waals surface area contributed by atoms with Crippen molar-refractivity contribution >= 4 is 39.1 Å². The van der Waals surface area contributed by atoms with Gasteiger partial charge >= 0.3 is 0 Å². The molecule has 3 rings (SSSR count). The lowest BCUT2D eigenvalue weighted by Gasteiger charge is -2.34. The number of hydrogen-bond acceptors (Lipinski definition) is 4. The zero-order chi connectivity index (χ0) is 24.0. The van der Waals surface area contributed by atoms with Gasteiger partial charge in [-0.2, -0.15) is 0 Å². The van der Waals surface area contributed by atoms with Gasteiger partial charge in [-0.3, -0.25) is 14.3 Å². The van der Waals surface area contributed by atoms with Crippen LogP contribution in [-0.2, 0) is 14.8 Å². The number of amides is 2. The number of para-hydroxylation sites is 1. The molecular weight excluding hydrogens is 462 g/mol. The number of rotatable bonds is 8. The fourth-order valence-corrected chi connectivity index (χ4v) is 5.26.